The van der Waals surface area contributed by atoms with Gasteiger partial charge >= 0.3 is 5.97 Å². The zero-order valence-electron chi connectivity index (χ0n) is 15.1. The van der Waals surface area contributed by atoms with Crippen molar-refractivity contribution in [2.45, 2.75) is 38.0 Å². The van der Waals surface area contributed by atoms with Crippen molar-refractivity contribution in [1.82, 2.24) is 5.32 Å². The molecule has 27 heavy (non-hydrogen) atoms. The fourth-order valence-corrected chi connectivity index (χ4v) is 3.17. The van der Waals surface area contributed by atoms with Crippen LogP contribution in [0.5, 0.6) is 5.75 Å². The van der Waals surface area contributed by atoms with Gasteiger partial charge < -0.3 is 19.9 Å². The molecular formula is C21H23NO5. The van der Waals surface area contributed by atoms with Crippen molar-refractivity contribution in [3.63, 3.8) is 0 Å². The summed E-state index contributed by atoms with van der Waals surface area (Å²) in [5.41, 5.74) is 1.84. The Labute approximate surface area is 158 Å². The van der Waals surface area contributed by atoms with E-state index in [2.05, 4.69) is 5.32 Å². The van der Waals surface area contributed by atoms with E-state index in [1.807, 2.05) is 61.5 Å². The summed E-state index contributed by atoms with van der Waals surface area (Å²) in [6, 6.07) is 16.8. The van der Waals surface area contributed by atoms with Gasteiger partial charge in [-0.1, -0.05) is 42.5 Å². The Balaban J connectivity index is 1.79. The van der Waals surface area contributed by atoms with Gasteiger partial charge in [0.15, 0.2) is 6.10 Å². The molecule has 0 radical (unpaired) electrons. The highest BCUT2D eigenvalue weighted by atomic mass is 16.5. The molecular weight excluding hydrogens is 346 g/mol. The van der Waals surface area contributed by atoms with Crippen LogP contribution < -0.4 is 10.1 Å². The molecule has 0 aliphatic carbocycles. The number of ether oxygens (including phenoxy) is 2. The number of carboxylic acid groups (broad SMARTS) is 1. The molecule has 6 heteroatoms. The summed E-state index contributed by atoms with van der Waals surface area (Å²) in [6.07, 6.45) is -0.929. The number of carboxylic acids is 1. The van der Waals surface area contributed by atoms with Crippen LogP contribution in [0.1, 0.15) is 36.9 Å². The highest BCUT2D eigenvalue weighted by molar-refractivity contribution is 5.83. The van der Waals surface area contributed by atoms with Gasteiger partial charge in [0, 0.05) is 0 Å². The first-order chi connectivity index (χ1) is 13.1. The fraction of sp³-hybridized carbons (Fsp3) is 0.333. The van der Waals surface area contributed by atoms with Crippen molar-refractivity contribution >= 4 is 11.9 Å². The van der Waals surface area contributed by atoms with Crippen LogP contribution in [0.2, 0.25) is 0 Å². The van der Waals surface area contributed by atoms with Gasteiger partial charge in [-0.3, -0.25) is 4.79 Å². The summed E-state index contributed by atoms with van der Waals surface area (Å²) in [5, 5.41) is 12.1. The van der Waals surface area contributed by atoms with Gasteiger partial charge in [-0.25, -0.2) is 4.79 Å². The van der Waals surface area contributed by atoms with E-state index in [4.69, 9.17) is 14.6 Å². The number of aliphatic carboxylic acids is 1. The maximum Gasteiger partial charge on any atom is 0.332 e. The quantitative estimate of drug-likeness (QED) is 0.784. The fourth-order valence-electron chi connectivity index (χ4n) is 3.17. The first-order valence-corrected chi connectivity index (χ1v) is 9.05. The summed E-state index contributed by atoms with van der Waals surface area (Å²) in [4.78, 5) is 23.7. The summed E-state index contributed by atoms with van der Waals surface area (Å²) >= 11 is 0. The molecule has 1 aliphatic rings. The Morgan fingerprint density at radius 1 is 1.07 bits per heavy atom. The number of hydrogen-bond donors (Lipinski definition) is 2. The van der Waals surface area contributed by atoms with Gasteiger partial charge in [0.1, 0.15) is 11.9 Å². The predicted octanol–water partition coefficient (Wildman–Crippen LogP) is 2.92. The molecule has 2 aromatic rings. The molecule has 3 rings (SSSR count). The van der Waals surface area contributed by atoms with Crippen LogP contribution in [0.4, 0.5) is 0 Å². The summed E-state index contributed by atoms with van der Waals surface area (Å²) in [5.74, 6) is -0.569. The highest BCUT2D eigenvalue weighted by Gasteiger charge is 2.35. The maximum atomic E-state index is 12.7. The minimum absolute atomic E-state index is 0.304. The van der Waals surface area contributed by atoms with Crippen LogP contribution in [0.3, 0.4) is 0 Å². The monoisotopic (exact) mass is 369 g/mol. The minimum Gasteiger partial charge on any atom is -0.494 e. The molecule has 3 atom stereocenters. The number of carbonyl (C=O) groups excluding carboxylic acids is 1. The number of nitrogens with one attached hydrogen (secondary N) is 1. The smallest absolute Gasteiger partial charge is 0.332 e. The van der Waals surface area contributed by atoms with Crippen LogP contribution in [-0.2, 0) is 14.3 Å². The zero-order chi connectivity index (χ0) is 19.2. The summed E-state index contributed by atoms with van der Waals surface area (Å²) in [6.45, 7) is 2.51. The molecule has 2 N–H and O–H groups in total. The van der Waals surface area contributed by atoms with Crippen LogP contribution in [-0.4, -0.2) is 35.8 Å². The molecule has 142 valence electrons. The molecule has 6 nitrogen and oxygen atoms in total. The number of benzene rings is 2. The molecule has 0 spiro atoms. The van der Waals surface area contributed by atoms with Crippen LogP contribution in [0.25, 0.3) is 0 Å². The van der Waals surface area contributed by atoms with Crippen molar-refractivity contribution in [3.05, 3.63) is 65.7 Å². The lowest BCUT2D eigenvalue weighted by Gasteiger charge is -2.22. The number of hydrogen-bond acceptors (Lipinski definition) is 4. The number of rotatable bonds is 7. The lowest BCUT2D eigenvalue weighted by molar-refractivity contribution is -0.151. The van der Waals surface area contributed by atoms with E-state index in [-0.39, 0.29) is 11.9 Å². The van der Waals surface area contributed by atoms with Gasteiger partial charge in [0.25, 0.3) is 0 Å². The average Bonchev–Trinajstić information content (AvgIpc) is 3.18. The van der Waals surface area contributed by atoms with Gasteiger partial charge in [-0.15, -0.1) is 0 Å². The standard InChI is InChI=1S/C21H23NO5/c1-2-26-16-10-8-15(9-11-16)19(14-6-4-3-5-7-14)22-20(23)17-12-13-18(27-17)21(24)25/h3-11,17-19H,2,12-13H2,1H3,(H,22,23)(H,24,25)/t17-,18+,19?/m0/s1. The molecule has 0 aromatic heterocycles. The van der Waals surface area contributed by atoms with Crippen LogP contribution in [0, 0.1) is 0 Å². The molecule has 0 saturated carbocycles. The van der Waals surface area contributed by atoms with Crippen molar-refractivity contribution < 1.29 is 24.2 Å². The van der Waals surface area contributed by atoms with E-state index in [0.29, 0.717) is 19.4 Å². The number of amides is 1. The summed E-state index contributed by atoms with van der Waals surface area (Å²) < 4.78 is 10.9. The Bertz CT molecular complexity index is 775. The molecule has 2 aromatic carbocycles. The lowest BCUT2D eigenvalue weighted by atomic mass is 9.98. The number of carbonyl (C=O) groups is 2. The van der Waals surface area contributed by atoms with Gasteiger partial charge in [0.05, 0.1) is 12.6 Å². The SMILES string of the molecule is CCOc1ccc(C(NC(=O)[C@@H]2CC[C@H](C(=O)O)O2)c2ccccc2)cc1. The van der Waals surface area contributed by atoms with Crippen LogP contribution in [0.15, 0.2) is 54.6 Å². The lowest BCUT2D eigenvalue weighted by Crippen LogP contribution is -2.38. The molecule has 1 saturated heterocycles. The third kappa shape index (κ3) is 4.65. The first-order valence-electron chi connectivity index (χ1n) is 9.05. The van der Waals surface area contributed by atoms with E-state index in [1.54, 1.807) is 0 Å². The minimum atomic E-state index is -1.03. The maximum absolute atomic E-state index is 12.7. The predicted molar refractivity (Wildman–Crippen MR) is 99.6 cm³/mol. The second kappa shape index (κ2) is 8.68. The van der Waals surface area contributed by atoms with Gasteiger partial charge in [-0.2, -0.15) is 0 Å². The largest absolute Gasteiger partial charge is 0.494 e. The Hall–Kier alpha value is -2.86. The molecule has 1 unspecified atom stereocenters. The van der Waals surface area contributed by atoms with Crippen LogP contribution >= 0.6 is 0 Å². The first kappa shape index (κ1) is 18.9. The molecule has 0 bridgehead atoms. The topological polar surface area (TPSA) is 84.9 Å². The Morgan fingerprint density at radius 2 is 1.70 bits per heavy atom. The van der Waals surface area contributed by atoms with Gasteiger partial charge in [0.2, 0.25) is 5.91 Å². The van der Waals surface area contributed by atoms with E-state index in [0.717, 1.165) is 16.9 Å². The summed E-state index contributed by atoms with van der Waals surface area (Å²) in [7, 11) is 0. The zero-order valence-corrected chi connectivity index (χ0v) is 15.1. The van der Waals surface area contributed by atoms with E-state index in [1.165, 1.54) is 0 Å². The Morgan fingerprint density at radius 3 is 2.30 bits per heavy atom. The molecule has 1 fully saturated rings. The van der Waals surface area contributed by atoms with Crippen molar-refractivity contribution in [3.8, 4) is 5.75 Å². The molecule has 1 amide bonds. The Kier molecular flexibility index (Phi) is 6.08. The third-order valence-electron chi connectivity index (χ3n) is 4.53. The average molecular weight is 369 g/mol. The van der Waals surface area contributed by atoms with Crippen molar-refractivity contribution in [2.75, 3.05) is 6.61 Å². The van der Waals surface area contributed by atoms with Gasteiger partial charge in [-0.05, 0) is 43.0 Å². The van der Waals surface area contributed by atoms with E-state index >= 15 is 0 Å². The van der Waals surface area contributed by atoms with Crippen molar-refractivity contribution in [2.24, 2.45) is 0 Å². The normalized spacial score (nSPS) is 20.0. The second-order valence-corrected chi connectivity index (χ2v) is 6.38. The van der Waals surface area contributed by atoms with Crippen molar-refractivity contribution in [1.29, 1.82) is 0 Å². The van der Waals surface area contributed by atoms with E-state index in [9.17, 15) is 9.59 Å². The molecule has 1 aliphatic heterocycles. The van der Waals surface area contributed by atoms with E-state index < -0.39 is 18.2 Å². The second-order valence-electron chi connectivity index (χ2n) is 6.38. The molecule has 1 heterocycles. The highest BCUT2D eigenvalue weighted by Crippen LogP contribution is 2.26. The third-order valence-corrected chi connectivity index (χ3v) is 4.53.